The summed E-state index contributed by atoms with van der Waals surface area (Å²) in [5.41, 5.74) is -0.338. The molecule has 0 N–H and O–H groups in total. The topological polar surface area (TPSA) is 20.3 Å². The quantitative estimate of drug-likeness (QED) is 0.746. The minimum atomic E-state index is -4.17. The molecule has 5 heteroatoms. The van der Waals surface area contributed by atoms with E-state index in [2.05, 4.69) is 0 Å². The van der Waals surface area contributed by atoms with Crippen LogP contribution in [0, 0.1) is 0 Å². The van der Waals surface area contributed by atoms with Crippen molar-refractivity contribution < 1.29 is 18.0 Å². The molecule has 0 aliphatic carbocycles. The summed E-state index contributed by atoms with van der Waals surface area (Å²) >= 11 is 0. The molecule has 0 radical (unpaired) electrons. The number of alkyl halides is 3. The first-order valence-electron chi connectivity index (χ1n) is 5.87. The number of carbonyl (C=O) groups is 1. The van der Waals surface area contributed by atoms with Gasteiger partial charge in [0.05, 0.1) is 0 Å². The van der Waals surface area contributed by atoms with Gasteiger partial charge in [-0.1, -0.05) is 13.8 Å². The van der Waals surface area contributed by atoms with E-state index in [0.717, 1.165) is 0 Å². The molecule has 0 spiro atoms. The maximum absolute atomic E-state index is 11.8. The van der Waals surface area contributed by atoms with Gasteiger partial charge in [-0.05, 0) is 27.2 Å². The third-order valence-electron chi connectivity index (χ3n) is 2.23. The van der Waals surface area contributed by atoms with Crippen molar-refractivity contribution in [3.8, 4) is 0 Å². The average Bonchev–Trinajstić information content (AvgIpc) is 2.16. The summed E-state index contributed by atoms with van der Waals surface area (Å²) in [4.78, 5) is 12.9. The van der Waals surface area contributed by atoms with Gasteiger partial charge in [-0.15, -0.1) is 0 Å². The van der Waals surface area contributed by atoms with Crippen LogP contribution in [0.3, 0.4) is 0 Å². The molecule has 0 saturated carbocycles. The number of amides is 1. The molecule has 0 bridgehead atoms. The van der Waals surface area contributed by atoms with Crippen LogP contribution in [0.2, 0.25) is 0 Å². The molecule has 0 atom stereocenters. The maximum atomic E-state index is 11.8. The van der Waals surface area contributed by atoms with Crippen molar-refractivity contribution in [3.63, 3.8) is 0 Å². The molecular weight excluding hydrogens is 231 g/mol. The molecule has 0 fully saturated rings. The fourth-order valence-electron chi connectivity index (χ4n) is 0.982. The van der Waals surface area contributed by atoms with Crippen LogP contribution in [-0.2, 0) is 4.79 Å². The number of rotatable bonds is 3. The molecule has 0 aliphatic heterocycles. The molecule has 0 aromatic heterocycles. The largest absolute Gasteiger partial charge is 0.389 e. The fourth-order valence-corrected chi connectivity index (χ4v) is 0.982. The van der Waals surface area contributed by atoms with Gasteiger partial charge in [0.2, 0.25) is 5.91 Å². The van der Waals surface area contributed by atoms with Gasteiger partial charge >= 0.3 is 6.18 Å². The Morgan fingerprint density at radius 1 is 1.12 bits per heavy atom. The SMILES string of the molecule is CC.CN(C(=O)CCCC(F)(F)F)C(C)(C)C. The van der Waals surface area contributed by atoms with Crippen LogP contribution in [0.25, 0.3) is 0 Å². The molecule has 0 saturated heterocycles. The smallest absolute Gasteiger partial charge is 0.341 e. The number of nitrogens with zero attached hydrogens (tertiary/aromatic N) is 1. The van der Waals surface area contributed by atoms with Crippen molar-refractivity contribution in [2.75, 3.05) is 7.05 Å². The van der Waals surface area contributed by atoms with E-state index in [-0.39, 0.29) is 24.3 Å². The van der Waals surface area contributed by atoms with Gasteiger partial charge in [-0.3, -0.25) is 4.79 Å². The van der Waals surface area contributed by atoms with Gasteiger partial charge in [0.15, 0.2) is 0 Å². The Morgan fingerprint density at radius 2 is 1.53 bits per heavy atom. The summed E-state index contributed by atoms with van der Waals surface area (Å²) in [6, 6.07) is 0. The second-order valence-corrected chi connectivity index (χ2v) is 4.59. The normalized spacial score (nSPS) is 11.6. The highest BCUT2D eigenvalue weighted by Crippen LogP contribution is 2.23. The van der Waals surface area contributed by atoms with E-state index in [1.165, 1.54) is 4.90 Å². The van der Waals surface area contributed by atoms with Gasteiger partial charge in [-0.25, -0.2) is 0 Å². The Kier molecular flexibility index (Phi) is 8.28. The Bertz CT molecular complexity index is 219. The average molecular weight is 255 g/mol. The van der Waals surface area contributed by atoms with Crippen molar-refractivity contribution in [2.24, 2.45) is 0 Å². The highest BCUT2D eigenvalue weighted by Gasteiger charge is 2.28. The van der Waals surface area contributed by atoms with Gasteiger partial charge < -0.3 is 4.90 Å². The molecule has 0 aliphatic rings. The first kappa shape index (κ1) is 18.6. The van der Waals surface area contributed by atoms with E-state index in [9.17, 15) is 18.0 Å². The van der Waals surface area contributed by atoms with Crippen molar-refractivity contribution in [2.45, 2.75) is 65.6 Å². The minimum absolute atomic E-state index is 0.0483. The van der Waals surface area contributed by atoms with Gasteiger partial charge in [0, 0.05) is 25.4 Å². The lowest BCUT2D eigenvalue weighted by molar-refractivity contribution is -0.141. The van der Waals surface area contributed by atoms with Crippen molar-refractivity contribution in [3.05, 3.63) is 0 Å². The van der Waals surface area contributed by atoms with Crippen molar-refractivity contribution in [1.29, 1.82) is 0 Å². The summed E-state index contributed by atoms with van der Waals surface area (Å²) in [7, 11) is 1.61. The number of carbonyl (C=O) groups excluding carboxylic acids is 1. The summed E-state index contributed by atoms with van der Waals surface area (Å²) in [6.07, 6.45) is -5.24. The van der Waals surface area contributed by atoms with Crippen LogP contribution in [0.5, 0.6) is 0 Å². The summed E-state index contributed by atoms with van der Waals surface area (Å²) in [6.45, 7) is 9.53. The van der Waals surface area contributed by atoms with Crippen molar-refractivity contribution in [1.82, 2.24) is 4.90 Å². The lowest BCUT2D eigenvalue weighted by atomic mass is 10.1. The van der Waals surface area contributed by atoms with E-state index in [1.807, 2.05) is 34.6 Å². The molecule has 104 valence electrons. The second kappa shape index (κ2) is 7.56. The Morgan fingerprint density at radius 3 is 1.82 bits per heavy atom. The number of hydrogen-bond donors (Lipinski definition) is 0. The zero-order chi connectivity index (χ0) is 14.3. The molecule has 2 nitrogen and oxygen atoms in total. The van der Waals surface area contributed by atoms with Crippen LogP contribution in [0.1, 0.15) is 53.9 Å². The predicted octanol–water partition coefficient (Wildman–Crippen LogP) is 4.00. The highest BCUT2D eigenvalue weighted by molar-refractivity contribution is 5.76. The molecule has 0 aromatic carbocycles. The van der Waals surface area contributed by atoms with E-state index in [4.69, 9.17) is 0 Å². The standard InChI is InChI=1S/C10H18F3NO.C2H6/c1-9(2,3)14(4)8(15)6-5-7-10(11,12)13;1-2/h5-7H2,1-4H3;1-2H3. The summed E-state index contributed by atoms with van der Waals surface area (Å²) in [5.74, 6) is -0.244. The lowest BCUT2D eigenvalue weighted by Crippen LogP contribution is -2.42. The van der Waals surface area contributed by atoms with Crippen LogP contribution in [-0.4, -0.2) is 29.6 Å². The van der Waals surface area contributed by atoms with Crippen LogP contribution >= 0.6 is 0 Å². The van der Waals surface area contributed by atoms with Crippen LogP contribution < -0.4 is 0 Å². The van der Waals surface area contributed by atoms with Crippen LogP contribution in [0.4, 0.5) is 13.2 Å². The summed E-state index contributed by atoms with van der Waals surface area (Å²) < 4.78 is 35.4. The monoisotopic (exact) mass is 255 g/mol. The number of halogens is 3. The second-order valence-electron chi connectivity index (χ2n) is 4.59. The molecule has 0 aromatic rings. The molecule has 17 heavy (non-hydrogen) atoms. The van der Waals surface area contributed by atoms with E-state index < -0.39 is 12.6 Å². The van der Waals surface area contributed by atoms with Gasteiger partial charge in [0.1, 0.15) is 0 Å². The first-order valence-corrected chi connectivity index (χ1v) is 5.87. The van der Waals surface area contributed by atoms with E-state index in [1.54, 1.807) is 7.05 Å². The number of hydrogen-bond acceptors (Lipinski definition) is 1. The molecular formula is C12H24F3NO. The third kappa shape index (κ3) is 10.1. The molecule has 1 amide bonds. The highest BCUT2D eigenvalue weighted by atomic mass is 19.4. The predicted molar refractivity (Wildman–Crippen MR) is 63.8 cm³/mol. The minimum Gasteiger partial charge on any atom is -0.341 e. The molecule has 0 heterocycles. The fraction of sp³-hybridized carbons (Fsp3) is 0.917. The molecule has 0 unspecified atom stereocenters. The zero-order valence-corrected chi connectivity index (χ0v) is 11.6. The first-order chi connectivity index (χ1) is 7.54. The van der Waals surface area contributed by atoms with E-state index in [0.29, 0.717) is 0 Å². The Labute approximate surface area is 102 Å². The van der Waals surface area contributed by atoms with Crippen LogP contribution in [0.15, 0.2) is 0 Å². The van der Waals surface area contributed by atoms with Gasteiger partial charge in [-0.2, -0.15) is 13.2 Å². The van der Waals surface area contributed by atoms with Crippen molar-refractivity contribution >= 4 is 5.91 Å². The lowest BCUT2D eigenvalue weighted by Gasteiger charge is -2.32. The zero-order valence-electron chi connectivity index (χ0n) is 11.6. The summed E-state index contributed by atoms with van der Waals surface area (Å²) in [5, 5.41) is 0. The van der Waals surface area contributed by atoms with Gasteiger partial charge in [0.25, 0.3) is 0 Å². The van der Waals surface area contributed by atoms with E-state index >= 15 is 0 Å². The molecule has 0 rings (SSSR count). The Balaban J connectivity index is 0. The third-order valence-corrected chi connectivity index (χ3v) is 2.23. The maximum Gasteiger partial charge on any atom is 0.389 e. The Hall–Kier alpha value is -0.740.